The summed E-state index contributed by atoms with van der Waals surface area (Å²) in [6.07, 6.45) is 0. The third kappa shape index (κ3) is 1.56. The molecule has 1 unspecified atom stereocenters. The summed E-state index contributed by atoms with van der Waals surface area (Å²) >= 11 is 0. The number of benzene rings is 1. The highest BCUT2D eigenvalue weighted by atomic mass is 16.5. The van der Waals surface area contributed by atoms with E-state index < -0.39 is 0 Å². The summed E-state index contributed by atoms with van der Waals surface area (Å²) in [5.74, 6) is 0.857. The first kappa shape index (κ1) is 11.0. The number of ether oxygens (including phenoxy) is 1. The molecule has 4 nitrogen and oxygen atoms in total. The molecule has 1 aromatic carbocycles. The number of hydrogen-bond acceptors (Lipinski definition) is 3. The van der Waals surface area contributed by atoms with Crippen LogP contribution >= 0.6 is 0 Å². The van der Waals surface area contributed by atoms with E-state index in [1.54, 1.807) is 7.11 Å². The Morgan fingerprint density at radius 3 is 2.81 bits per heavy atom. The highest BCUT2D eigenvalue weighted by Crippen LogP contribution is 2.29. The van der Waals surface area contributed by atoms with Crippen LogP contribution < -0.4 is 16.2 Å². The maximum Gasteiger partial charge on any atom is 0.143 e. The van der Waals surface area contributed by atoms with Gasteiger partial charge in [0.15, 0.2) is 0 Å². The van der Waals surface area contributed by atoms with Gasteiger partial charge in [-0.2, -0.15) is 0 Å². The number of methoxy groups -OCH3 is 1. The average molecular weight is 219 g/mol. The van der Waals surface area contributed by atoms with Crippen LogP contribution in [0.4, 0.5) is 0 Å². The molecule has 0 aliphatic heterocycles. The molecule has 0 aliphatic rings. The molecule has 0 bridgehead atoms. The fourth-order valence-electron chi connectivity index (χ4n) is 2.04. The van der Waals surface area contributed by atoms with Crippen LogP contribution in [0.15, 0.2) is 24.3 Å². The summed E-state index contributed by atoms with van der Waals surface area (Å²) in [6, 6.07) is 7.89. The number of hydrogen-bond donors (Lipinski definition) is 2. The summed E-state index contributed by atoms with van der Waals surface area (Å²) in [5.41, 5.74) is 13.6. The van der Waals surface area contributed by atoms with Gasteiger partial charge in [0.1, 0.15) is 5.75 Å². The quantitative estimate of drug-likeness (QED) is 0.813. The number of aryl methyl sites for hydroxylation is 1. The van der Waals surface area contributed by atoms with Crippen molar-refractivity contribution in [3.05, 3.63) is 30.0 Å². The third-order valence-corrected chi connectivity index (χ3v) is 2.91. The normalized spacial score (nSPS) is 13.0. The van der Waals surface area contributed by atoms with Crippen molar-refractivity contribution in [1.29, 1.82) is 0 Å². The molecule has 16 heavy (non-hydrogen) atoms. The molecule has 1 aromatic heterocycles. The molecule has 0 fully saturated rings. The van der Waals surface area contributed by atoms with Crippen molar-refractivity contribution in [3.8, 4) is 5.75 Å². The van der Waals surface area contributed by atoms with Gasteiger partial charge < -0.3 is 20.8 Å². The van der Waals surface area contributed by atoms with Crippen LogP contribution in [0.5, 0.6) is 5.75 Å². The Morgan fingerprint density at radius 1 is 1.44 bits per heavy atom. The van der Waals surface area contributed by atoms with Crippen LogP contribution in [0.3, 0.4) is 0 Å². The zero-order valence-corrected chi connectivity index (χ0v) is 9.60. The second kappa shape index (κ2) is 4.15. The maximum absolute atomic E-state index is 5.96. The Labute approximate surface area is 94.8 Å². The van der Waals surface area contributed by atoms with E-state index in [1.807, 2.05) is 29.8 Å². The standard InChI is InChI=1S/C12H17N3O/c1-15-10(9(14)7-13)6-8-4-3-5-11(16-2)12(8)15/h3-6,9H,7,13-14H2,1-2H3. The van der Waals surface area contributed by atoms with Crippen molar-refractivity contribution < 1.29 is 4.74 Å². The highest BCUT2D eigenvalue weighted by Gasteiger charge is 2.13. The zero-order valence-electron chi connectivity index (χ0n) is 9.60. The lowest BCUT2D eigenvalue weighted by atomic mass is 10.2. The number of fused-ring (bicyclic) bond motifs is 1. The second-order valence-corrected chi connectivity index (χ2v) is 3.87. The molecule has 2 rings (SSSR count). The van der Waals surface area contributed by atoms with Gasteiger partial charge in [-0.25, -0.2) is 0 Å². The van der Waals surface area contributed by atoms with E-state index in [0.29, 0.717) is 6.54 Å². The van der Waals surface area contributed by atoms with Crippen molar-refractivity contribution >= 4 is 10.9 Å². The Morgan fingerprint density at radius 2 is 2.19 bits per heavy atom. The van der Waals surface area contributed by atoms with Gasteiger partial charge in [-0.3, -0.25) is 0 Å². The molecule has 0 amide bonds. The van der Waals surface area contributed by atoms with Crippen molar-refractivity contribution in [1.82, 2.24) is 4.57 Å². The number of aromatic nitrogens is 1. The Bertz CT molecular complexity index is 504. The summed E-state index contributed by atoms with van der Waals surface area (Å²) in [7, 11) is 3.65. The van der Waals surface area contributed by atoms with E-state index in [1.165, 1.54) is 0 Å². The lowest BCUT2D eigenvalue weighted by Crippen LogP contribution is -2.22. The summed E-state index contributed by atoms with van der Waals surface area (Å²) in [6.45, 7) is 0.437. The molecule has 0 spiro atoms. The Hall–Kier alpha value is -1.52. The lowest BCUT2D eigenvalue weighted by molar-refractivity contribution is 0.417. The van der Waals surface area contributed by atoms with Crippen LogP contribution in [-0.4, -0.2) is 18.2 Å². The van der Waals surface area contributed by atoms with Gasteiger partial charge in [0, 0.05) is 24.7 Å². The number of nitrogens with two attached hydrogens (primary N) is 2. The first-order valence-corrected chi connectivity index (χ1v) is 5.27. The summed E-state index contributed by atoms with van der Waals surface area (Å²) in [4.78, 5) is 0. The van der Waals surface area contributed by atoms with Crippen molar-refractivity contribution in [2.45, 2.75) is 6.04 Å². The van der Waals surface area contributed by atoms with Crippen molar-refractivity contribution in [3.63, 3.8) is 0 Å². The number of rotatable bonds is 3. The monoisotopic (exact) mass is 219 g/mol. The largest absolute Gasteiger partial charge is 0.495 e. The minimum absolute atomic E-state index is 0.137. The fourth-order valence-corrected chi connectivity index (χ4v) is 2.04. The van der Waals surface area contributed by atoms with Gasteiger partial charge in [-0.05, 0) is 12.1 Å². The van der Waals surface area contributed by atoms with Gasteiger partial charge >= 0.3 is 0 Å². The molecular weight excluding hydrogens is 202 g/mol. The smallest absolute Gasteiger partial charge is 0.143 e. The predicted molar refractivity (Wildman–Crippen MR) is 65.5 cm³/mol. The Kier molecular flexibility index (Phi) is 2.85. The third-order valence-electron chi connectivity index (χ3n) is 2.91. The lowest BCUT2D eigenvalue weighted by Gasteiger charge is -2.11. The van der Waals surface area contributed by atoms with Crippen LogP contribution in [0, 0.1) is 0 Å². The molecule has 86 valence electrons. The fraction of sp³-hybridized carbons (Fsp3) is 0.333. The topological polar surface area (TPSA) is 66.2 Å². The van der Waals surface area contributed by atoms with Crippen molar-refractivity contribution in [2.75, 3.05) is 13.7 Å². The van der Waals surface area contributed by atoms with E-state index in [4.69, 9.17) is 16.2 Å². The maximum atomic E-state index is 5.96. The van der Waals surface area contributed by atoms with Gasteiger partial charge in [-0.15, -0.1) is 0 Å². The number of nitrogens with zero attached hydrogens (tertiary/aromatic N) is 1. The average Bonchev–Trinajstić information content (AvgIpc) is 2.66. The van der Waals surface area contributed by atoms with E-state index in [-0.39, 0.29) is 6.04 Å². The molecule has 4 heteroatoms. The SMILES string of the molecule is COc1cccc2cc(C(N)CN)n(C)c12. The van der Waals surface area contributed by atoms with Gasteiger partial charge in [0.2, 0.25) is 0 Å². The minimum Gasteiger partial charge on any atom is -0.495 e. The van der Waals surface area contributed by atoms with Crippen LogP contribution in [0.1, 0.15) is 11.7 Å². The zero-order chi connectivity index (χ0) is 11.7. The van der Waals surface area contributed by atoms with Gasteiger partial charge in [0.25, 0.3) is 0 Å². The summed E-state index contributed by atoms with van der Waals surface area (Å²) in [5, 5.41) is 1.13. The summed E-state index contributed by atoms with van der Waals surface area (Å²) < 4.78 is 7.39. The highest BCUT2D eigenvalue weighted by molar-refractivity contribution is 5.87. The van der Waals surface area contributed by atoms with E-state index >= 15 is 0 Å². The molecule has 0 saturated heterocycles. The van der Waals surface area contributed by atoms with E-state index in [2.05, 4.69) is 6.07 Å². The molecule has 1 heterocycles. The second-order valence-electron chi connectivity index (χ2n) is 3.87. The Balaban J connectivity index is 2.68. The molecule has 0 radical (unpaired) electrons. The molecule has 0 saturated carbocycles. The van der Waals surface area contributed by atoms with Crippen LogP contribution in [-0.2, 0) is 7.05 Å². The molecule has 1 atom stereocenters. The van der Waals surface area contributed by atoms with Gasteiger partial charge in [0.05, 0.1) is 18.7 Å². The van der Waals surface area contributed by atoms with Crippen molar-refractivity contribution in [2.24, 2.45) is 18.5 Å². The first-order valence-electron chi connectivity index (χ1n) is 5.27. The van der Waals surface area contributed by atoms with Crippen LogP contribution in [0.2, 0.25) is 0 Å². The molecule has 2 aromatic rings. The number of para-hydroxylation sites is 1. The minimum atomic E-state index is -0.137. The van der Waals surface area contributed by atoms with Crippen LogP contribution in [0.25, 0.3) is 10.9 Å². The van der Waals surface area contributed by atoms with E-state index in [0.717, 1.165) is 22.3 Å². The van der Waals surface area contributed by atoms with Gasteiger partial charge in [-0.1, -0.05) is 12.1 Å². The first-order chi connectivity index (χ1) is 7.69. The van der Waals surface area contributed by atoms with E-state index in [9.17, 15) is 0 Å². The molecular formula is C12H17N3O. The predicted octanol–water partition coefficient (Wildman–Crippen LogP) is 1.15. The molecule has 0 aliphatic carbocycles. The molecule has 4 N–H and O–H groups in total.